The summed E-state index contributed by atoms with van der Waals surface area (Å²) in [7, 11) is 1.61. The first kappa shape index (κ1) is 20.1. The maximum absolute atomic E-state index is 12.3. The van der Waals surface area contributed by atoms with Crippen LogP contribution in [0.25, 0.3) is 0 Å². The van der Waals surface area contributed by atoms with Crippen LogP contribution < -0.4 is 20.1 Å². The van der Waals surface area contributed by atoms with Gasteiger partial charge in [-0.3, -0.25) is 4.79 Å². The summed E-state index contributed by atoms with van der Waals surface area (Å²) in [4.78, 5) is 20.7. The fraction of sp³-hybridized carbons (Fsp3) is 0.227. The summed E-state index contributed by atoms with van der Waals surface area (Å²) in [5.74, 6) is 1.65. The van der Waals surface area contributed by atoms with Crippen molar-refractivity contribution in [3.63, 3.8) is 0 Å². The standard InChI is InChI=1S/C22H24N4O3/c1-28-18-7-9-19(10-8-18)29-16-15-23-21(27)20-12-14-25-22(26-20)24-13-11-17-5-3-2-4-6-17/h2-10,12,14H,11,13,15-16H2,1H3,(H,23,27)(H,24,25,26). The smallest absolute Gasteiger partial charge is 0.270 e. The van der Waals surface area contributed by atoms with Crippen LogP contribution >= 0.6 is 0 Å². The second kappa shape index (κ2) is 10.7. The molecule has 0 aliphatic carbocycles. The molecule has 0 aliphatic heterocycles. The fourth-order valence-corrected chi connectivity index (χ4v) is 2.63. The van der Waals surface area contributed by atoms with Gasteiger partial charge in [-0.05, 0) is 42.3 Å². The van der Waals surface area contributed by atoms with Crippen molar-refractivity contribution >= 4 is 11.9 Å². The maximum Gasteiger partial charge on any atom is 0.270 e. The Balaban J connectivity index is 1.41. The largest absolute Gasteiger partial charge is 0.497 e. The number of hydrogen-bond donors (Lipinski definition) is 2. The minimum absolute atomic E-state index is 0.267. The first-order valence-electron chi connectivity index (χ1n) is 9.40. The molecule has 29 heavy (non-hydrogen) atoms. The van der Waals surface area contributed by atoms with Crippen molar-refractivity contribution in [3.8, 4) is 11.5 Å². The molecule has 0 spiro atoms. The Morgan fingerprint density at radius 2 is 1.72 bits per heavy atom. The maximum atomic E-state index is 12.3. The summed E-state index contributed by atoms with van der Waals surface area (Å²) in [6.45, 7) is 1.40. The Hall–Kier alpha value is -3.61. The molecule has 0 atom stereocenters. The molecule has 3 rings (SSSR count). The van der Waals surface area contributed by atoms with E-state index in [-0.39, 0.29) is 5.91 Å². The van der Waals surface area contributed by atoms with E-state index in [2.05, 4.69) is 32.7 Å². The van der Waals surface area contributed by atoms with Crippen LogP contribution in [0.5, 0.6) is 11.5 Å². The van der Waals surface area contributed by atoms with Crippen LogP contribution in [0, 0.1) is 0 Å². The Kier molecular flexibility index (Phi) is 7.40. The van der Waals surface area contributed by atoms with Crippen LogP contribution in [0.3, 0.4) is 0 Å². The summed E-state index contributed by atoms with van der Waals surface area (Å²) in [5, 5.41) is 5.94. The number of amides is 1. The van der Waals surface area contributed by atoms with E-state index in [0.29, 0.717) is 37.1 Å². The summed E-state index contributed by atoms with van der Waals surface area (Å²) < 4.78 is 10.7. The molecule has 7 heteroatoms. The number of ether oxygens (including phenoxy) is 2. The molecular weight excluding hydrogens is 368 g/mol. The predicted octanol–water partition coefficient (Wildman–Crippen LogP) is 2.95. The van der Waals surface area contributed by atoms with Crippen LogP contribution in [0.1, 0.15) is 16.1 Å². The van der Waals surface area contributed by atoms with Crippen molar-refractivity contribution in [2.45, 2.75) is 6.42 Å². The van der Waals surface area contributed by atoms with Gasteiger partial charge in [-0.15, -0.1) is 0 Å². The lowest BCUT2D eigenvalue weighted by Crippen LogP contribution is -2.29. The van der Waals surface area contributed by atoms with Crippen LogP contribution in [0.2, 0.25) is 0 Å². The number of carbonyl (C=O) groups excluding carboxylic acids is 1. The van der Waals surface area contributed by atoms with Crippen molar-refractivity contribution in [1.29, 1.82) is 0 Å². The third-order valence-corrected chi connectivity index (χ3v) is 4.14. The molecule has 150 valence electrons. The number of rotatable bonds is 10. The van der Waals surface area contributed by atoms with Crippen molar-refractivity contribution in [3.05, 3.63) is 78.1 Å². The highest BCUT2D eigenvalue weighted by molar-refractivity contribution is 5.92. The topological polar surface area (TPSA) is 85.4 Å². The van der Waals surface area contributed by atoms with Gasteiger partial charge in [-0.1, -0.05) is 30.3 Å². The Labute approximate surface area is 170 Å². The second-order valence-corrected chi connectivity index (χ2v) is 6.21. The van der Waals surface area contributed by atoms with E-state index in [9.17, 15) is 4.79 Å². The molecule has 0 fully saturated rings. The summed E-state index contributed by atoms with van der Waals surface area (Å²) in [5.41, 5.74) is 1.54. The molecule has 0 unspecified atom stereocenters. The molecule has 0 aliphatic rings. The van der Waals surface area contributed by atoms with Gasteiger partial charge >= 0.3 is 0 Å². The van der Waals surface area contributed by atoms with Gasteiger partial charge in [-0.25, -0.2) is 9.97 Å². The van der Waals surface area contributed by atoms with Crippen molar-refractivity contribution in [2.75, 3.05) is 32.1 Å². The van der Waals surface area contributed by atoms with Crippen LogP contribution in [0.4, 0.5) is 5.95 Å². The number of benzene rings is 2. The molecule has 2 aromatic carbocycles. The Bertz CT molecular complexity index is 901. The second-order valence-electron chi connectivity index (χ2n) is 6.21. The highest BCUT2D eigenvalue weighted by atomic mass is 16.5. The quantitative estimate of drug-likeness (QED) is 0.516. The van der Waals surface area contributed by atoms with E-state index in [0.717, 1.165) is 12.2 Å². The van der Waals surface area contributed by atoms with Gasteiger partial charge in [0.2, 0.25) is 5.95 Å². The number of nitrogens with one attached hydrogen (secondary N) is 2. The minimum Gasteiger partial charge on any atom is -0.497 e. The first-order valence-corrected chi connectivity index (χ1v) is 9.40. The van der Waals surface area contributed by atoms with E-state index in [1.54, 1.807) is 19.4 Å². The molecule has 1 amide bonds. The fourth-order valence-electron chi connectivity index (χ4n) is 2.63. The van der Waals surface area contributed by atoms with Gasteiger partial charge in [0.1, 0.15) is 23.8 Å². The van der Waals surface area contributed by atoms with E-state index >= 15 is 0 Å². The van der Waals surface area contributed by atoms with Crippen LogP contribution in [-0.4, -0.2) is 42.7 Å². The van der Waals surface area contributed by atoms with Gasteiger partial charge in [0.05, 0.1) is 13.7 Å². The van der Waals surface area contributed by atoms with E-state index in [1.807, 2.05) is 42.5 Å². The molecule has 3 aromatic rings. The van der Waals surface area contributed by atoms with E-state index in [1.165, 1.54) is 5.56 Å². The number of hydrogen-bond acceptors (Lipinski definition) is 6. The van der Waals surface area contributed by atoms with Crippen molar-refractivity contribution < 1.29 is 14.3 Å². The average molecular weight is 392 g/mol. The predicted molar refractivity (Wildman–Crippen MR) is 111 cm³/mol. The first-order chi connectivity index (χ1) is 14.2. The molecule has 0 radical (unpaired) electrons. The SMILES string of the molecule is COc1ccc(OCCNC(=O)c2ccnc(NCCc3ccccc3)n2)cc1. The number of nitrogens with zero attached hydrogens (tertiary/aromatic N) is 2. The lowest BCUT2D eigenvalue weighted by molar-refractivity contribution is 0.0942. The molecule has 7 nitrogen and oxygen atoms in total. The van der Waals surface area contributed by atoms with Gasteiger partial charge in [-0.2, -0.15) is 0 Å². The molecular formula is C22H24N4O3. The van der Waals surface area contributed by atoms with Gasteiger partial charge in [0.25, 0.3) is 5.91 Å². The summed E-state index contributed by atoms with van der Waals surface area (Å²) >= 11 is 0. The Morgan fingerprint density at radius 1 is 0.966 bits per heavy atom. The zero-order valence-corrected chi connectivity index (χ0v) is 16.3. The van der Waals surface area contributed by atoms with Crippen molar-refractivity contribution in [2.24, 2.45) is 0 Å². The summed E-state index contributed by atoms with van der Waals surface area (Å²) in [6.07, 6.45) is 2.42. The molecule has 2 N–H and O–H groups in total. The molecule has 0 saturated heterocycles. The lowest BCUT2D eigenvalue weighted by atomic mass is 10.1. The number of carbonyl (C=O) groups is 1. The van der Waals surface area contributed by atoms with Gasteiger partial charge in [0.15, 0.2) is 0 Å². The van der Waals surface area contributed by atoms with Crippen LogP contribution in [0.15, 0.2) is 66.9 Å². The average Bonchev–Trinajstić information content (AvgIpc) is 2.78. The normalized spacial score (nSPS) is 10.2. The number of methoxy groups -OCH3 is 1. The van der Waals surface area contributed by atoms with Crippen molar-refractivity contribution in [1.82, 2.24) is 15.3 Å². The highest BCUT2D eigenvalue weighted by Gasteiger charge is 2.08. The molecule has 0 bridgehead atoms. The zero-order chi connectivity index (χ0) is 20.3. The highest BCUT2D eigenvalue weighted by Crippen LogP contribution is 2.16. The minimum atomic E-state index is -0.267. The molecule has 1 heterocycles. The third kappa shape index (κ3) is 6.49. The monoisotopic (exact) mass is 392 g/mol. The Morgan fingerprint density at radius 3 is 2.48 bits per heavy atom. The number of anilines is 1. The van der Waals surface area contributed by atoms with Gasteiger partial charge < -0.3 is 20.1 Å². The third-order valence-electron chi connectivity index (χ3n) is 4.14. The van der Waals surface area contributed by atoms with Gasteiger partial charge in [0, 0.05) is 12.7 Å². The summed E-state index contributed by atoms with van der Waals surface area (Å²) in [6, 6.07) is 19.0. The van der Waals surface area contributed by atoms with E-state index in [4.69, 9.17) is 9.47 Å². The van der Waals surface area contributed by atoms with E-state index < -0.39 is 0 Å². The zero-order valence-electron chi connectivity index (χ0n) is 16.3. The van der Waals surface area contributed by atoms with Crippen LogP contribution in [-0.2, 0) is 6.42 Å². The molecule has 0 saturated carbocycles. The lowest BCUT2D eigenvalue weighted by Gasteiger charge is -2.09. The molecule has 1 aromatic heterocycles. The number of aromatic nitrogens is 2.